The standard InChI is InChI=1S/C21H31NO4/c1-4-6-7-8-15-22(16-14-21(24)26-5-2)20(23)13-12-18-10-9-11-19(17-18)25-3/h9-13,17H,4-8,14-16H2,1-3H3/b13-12+. The lowest BCUT2D eigenvalue weighted by atomic mass is 10.2. The van der Waals surface area contributed by atoms with Crippen molar-refractivity contribution in [3.8, 4) is 5.75 Å². The summed E-state index contributed by atoms with van der Waals surface area (Å²) in [6.45, 7) is 5.33. The number of rotatable bonds is 12. The van der Waals surface area contributed by atoms with Gasteiger partial charge in [-0.05, 0) is 37.1 Å². The zero-order chi connectivity index (χ0) is 19.2. The quantitative estimate of drug-likeness (QED) is 0.320. The molecule has 144 valence electrons. The molecule has 0 spiro atoms. The van der Waals surface area contributed by atoms with Crippen LogP contribution >= 0.6 is 0 Å². The van der Waals surface area contributed by atoms with E-state index in [0.717, 1.165) is 37.0 Å². The smallest absolute Gasteiger partial charge is 0.307 e. The molecule has 0 radical (unpaired) electrons. The summed E-state index contributed by atoms with van der Waals surface area (Å²) >= 11 is 0. The predicted molar refractivity (Wildman–Crippen MR) is 104 cm³/mol. The first-order valence-corrected chi connectivity index (χ1v) is 9.37. The Labute approximate surface area is 157 Å². The summed E-state index contributed by atoms with van der Waals surface area (Å²) in [6.07, 6.45) is 7.87. The van der Waals surface area contributed by atoms with Crippen molar-refractivity contribution in [2.24, 2.45) is 0 Å². The molecule has 0 aromatic heterocycles. The molecule has 5 heteroatoms. The van der Waals surface area contributed by atoms with Gasteiger partial charge in [-0.15, -0.1) is 0 Å². The van der Waals surface area contributed by atoms with Gasteiger partial charge in [-0.3, -0.25) is 9.59 Å². The molecule has 0 heterocycles. The molecule has 1 aromatic carbocycles. The van der Waals surface area contributed by atoms with E-state index >= 15 is 0 Å². The Balaban J connectivity index is 2.67. The maximum atomic E-state index is 12.6. The minimum Gasteiger partial charge on any atom is -0.497 e. The van der Waals surface area contributed by atoms with Crippen LogP contribution in [-0.2, 0) is 14.3 Å². The molecule has 5 nitrogen and oxygen atoms in total. The van der Waals surface area contributed by atoms with Gasteiger partial charge in [-0.25, -0.2) is 0 Å². The zero-order valence-corrected chi connectivity index (χ0v) is 16.2. The number of unbranched alkanes of at least 4 members (excludes halogenated alkanes) is 3. The molecule has 0 aliphatic rings. The first-order valence-electron chi connectivity index (χ1n) is 9.37. The first kappa shape index (κ1) is 21.7. The van der Waals surface area contributed by atoms with Gasteiger partial charge in [0.25, 0.3) is 0 Å². The maximum Gasteiger partial charge on any atom is 0.307 e. The van der Waals surface area contributed by atoms with Crippen molar-refractivity contribution < 1.29 is 19.1 Å². The van der Waals surface area contributed by atoms with E-state index in [1.165, 1.54) is 0 Å². The molecule has 0 N–H and O–H groups in total. The second kappa shape index (κ2) is 13.0. The minimum absolute atomic E-state index is 0.0892. The average molecular weight is 361 g/mol. The summed E-state index contributed by atoms with van der Waals surface area (Å²) < 4.78 is 10.2. The second-order valence-corrected chi connectivity index (χ2v) is 6.05. The molecule has 26 heavy (non-hydrogen) atoms. The van der Waals surface area contributed by atoms with E-state index in [1.54, 1.807) is 31.1 Å². The Morgan fingerprint density at radius 1 is 1.12 bits per heavy atom. The van der Waals surface area contributed by atoms with Gasteiger partial charge >= 0.3 is 5.97 Å². The number of methoxy groups -OCH3 is 1. The van der Waals surface area contributed by atoms with Crippen LogP contribution in [0.2, 0.25) is 0 Å². The van der Waals surface area contributed by atoms with Crippen LogP contribution in [0, 0.1) is 0 Å². The Morgan fingerprint density at radius 2 is 1.92 bits per heavy atom. The van der Waals surface area contributed by atoms with Crippen LogP contribution in [-0.4, -0.2) is 43.6 Å². The number of esters is 1. The number of amides is 1. The summed E-state index contributed by atoms with van der Waals surface area (Å²) in [5.41, 5.74) is 0.897. The number of hydrogen-bond donors (Lipinski definition) is 0. The fraction of sp³-hybridized carbons (Fsp3) is 0.524. The van der Waals surface area contributed by atoms with Crippen molar-refractivity contribution in [3.05, 3.63) is 35.9 Å². The van der Waals surface area contributed by atoms with Crippen LogP contribution in [0.15, 0.2) is 30.3 Å². The van der Waals surface area contributed by atoms with Gasteiger partial charge in [-0.1, -0.05) is 38.3 Å². The number of ether oxygens (including phenoxy) is 2. The summed E-state index contributed by atoms with van der Waals surface area (Å²) in [4.78, 5) is 25.9. The Hall–Kier alpha value is -2.30. The van der Waals surface area contributed by atoms with E-state index in [4.69, 9.17) is 9.47 Å². The molecular formula is C21H31NO4. The van der Waals surface area contributed by atoms with Gasteiger partial charge in [0, 0.05) is 19.2 Å². The predicted octanol–water partition coefficient (Wildman–Crippen LogP) is 4.07. The van der Waals surface area contributed by atoms with Crippen LogP contribution in [0.3, 0.4) is 0 Å². The molecule has 0 unspecified atom stereocenters. The highest BCUT2D eigenvalue weighted by molar-refractivity contribution is 5.92. The van der Waals surface area contributed by atoms with Gasteiger partial charge in [0.2, 0.25) is 5.91 Å². The van der Waals surface area contributed by atoms with Crippen LogP contribution in [0.5, 0.6) is 5.75 Å². The highest BCUT2D eigenvalue weighted by atomic mass is 16.5. The third-order valence-electron chi connectivity index (χ3n) is 4.00. The second-order valence-electron chi connectivity index (χ2n) is 6.05. The largest absolute Gasteiger partial charge is 0.497 e. The lowest BCUT2D eigenvalue weighted by Crippen LogP contribution is -2.33. The van der Waals surface area contributed by atoms with E-state index in [1.807, 2.05) is 24.3 Å². The van der Waals surface area contributed by atoms with Crippen molar-refractivity contribution in [3.63, 3.8) is 0 Å². The van der Waals surface area contributed by atoms with Crippen LogP contribution in [0.1, 0.15) is 51.5 Å². The molecule has 1 aromatic rings. The van der Waals surface area contributed by atoms with E-state index < -0.39 is 0 Å². The number of nitrogens with zero attached hydrogens (tertiary/aromatic N) is 1. The SMILES string of the molecule is CCCCCCN(CCC(=O)OCC)C(=O)/C=C/c1cccc(OC)c1. The molecule has 0 atom stereocenters. The fourth-order valence-corrected chi connectivity index (χ4v) is 2.54. The number of carbonyl (C=O) groups excluding carboxylic acids is 2. The van der Waals surface area contributed by atoms with E-state index in [-0.39, 0.29) is 18.3 Å². The molecule has 0 saturated carbocycles. The molecule has 0 saturated heterocycles. The number of carbonyl (C=O) groups is 2. The summed E-state index contributed by atoms with van der Waals surface area (Å²) in [6, 6.07) is 7.52. The van der Waals surface area contributed by atoms with Gasteiger partial charge in [0.15, 0.2) is 0 Å². The molecular weight excluding hydrogens is 330 g/mol. The van der Waals surface area contributed by atoms with E-state index in [2.05, 4.69) is 6.92 Å². The highest BCUT2D eigenvalue weighted by Crippen LogP contribution is 2.14. The summed E-state index contributed by atoms with van der Waals surface area (Å²) in [7, 11) is 1.61. The molecule has 0 aliphatic carbocycles. The normalized spacial score (nSPS) is 10.7. The minimum atomic E-state index is -0.268. The van der Waals surface area contributed by atoms with Crippen molar-refractivity contribution in [1.82, 2.24) is 4.90 Å². The topological polar surface area (TPSA) is 55.8 Å². The van der Waals surface area contributed by atoms with Crippen LogP contribution < -0.4 is 4.74 Å². The van der Waals surface area contributed by atoms with E-state index in [9.17, 15) is 9.59 Å². The van der Waals surface area contributed by atoms with Gasteiger partial charge in [0.1, 0.15) is 5.75 Å². The van der Waals surface area contributed by atoms with Crippen molar-refractivity contribution in [2.75, 3.05) is 26.8 Å². The molecule has 0 aliphatic heterocycles. The Bertz CT molecular complexity index is 583. The van der Waals surface area contributed by atoms with E-state index in [0.29, 0.717) is 19.7 Å². The average Bonchev–Trinajstić information content (AvgIpc) is 2.66. The highest BCUT2D eigenvalue weighted by Gasteiger charge is 2.13. The Morgan fingerprint density at radius 3 is 2.62 bits per heavy atom. The van der Waals surface area contributed by atoms with Crippen molar-refractivity contribution in [2.45, 2.75) is 46.0 Å². The van der Waals surface area contributed by atoms with Crippen molar-refractivity contribution in [1.29, 1.82) is 0 Å². The fourth-order valence-electron chi connectivity index (χ4n) is 2.54. The monoisotopic (exact) mass is 361 g/mol. The van der Waals surface area contributed by atoms with Crippen LogP contribution in [0.4, 0.5) is 0 Å². The Kier molecular flexibility index (Phi) is 10.9. The van der Waals surface area contributed by atoms with Crippen LogP contribution in [0.25, 0.3) is 6.08 Å². The van der Waals surface area contributed by atoms with Gasteiger partial charge < -0.3 is 14.4 Å². The number of hydrogen-bond acceptors (Lipinski definition) is 4. The lowest BCUT2D eigenvalue weighted by molar-refractivity contribution is -0.143. The summed E-state index contributed by atoms with van der Waals surface area (Å²) in [5.74, 6) is 0.391. The molecule has 0 fully saturated rings. The number of benzene rings is 1. The van der Waals surface area contributed by atoms with Gasteiger partial charge in [0.05, 0.1) is 20.1 Å². The first-order chi connectivity index (χ1) is 12.6. The van der Waals surface area contributed by atoms with Crippen molar-refractivity contribution >= 4 is 18.0 Å². The zero-order valence-electron chi connectivity index (χ0n) is 16.2. The third-order valence-corrected chi connectivity index (χ3v) is 4.00. The third kappa shape index (κ3) is 8.70. The molecule has 0 bridgehead atoms. The molecule has 1 rings (SSSR count). The molecule has 1 amide bonds. The van der Waals surface area contributed by atoms with Gasteiger partial charge in [-0.2, -0.15) is 0 Å². The lowest BCUT2D eigenvalue weighted by Gasteiger charge is -2.21. The summed E-state index contributed by atoms with van der Waals surface area (Å²) in [5, 5.41) is 0. The maximum absolute atomic E-state index is 12.6.